The van der Waals surface area contributed by atoms with Gasteiger partial charge in [0.15, 0.2) is 11.6 Å². The summed E-state index contributed by atoms with van der Waals surface area (Å²) in [6.45, 7) is 0.405. The van der Waals surface area contributed by atoms with Crippen molar-refractivity contribution in [2.24, 2.45) is 0 Å². The van der Waals surface area contributed by atoms with Crippen molar-refractivity contribution in [2.75, 3.05) is 5.32 Å². The van der Waals surface area contributed by atoms with E-state index in [4.69, 9.17) is 10.2 Å². The largest absolute Gasteiger partial charge is 0.505 e. The van der Waals surface area contributed by atoms with Crippen molar-refractivity contribution >= 4 is 23.0 Å². The maximum atomic E-state index is 13.0. The van der Waals surface area contributed by atoms with Crippen LogP contribution < -0.4 is 5.32 Å². The highest BCUT2D eigenvalue weighted by Crippen LogP contribution is 2.21. The lowest BCUT2D eigenvalue weighted by Crippen LogP contribution is -1.98. The Morgan fingerprint density at radius 2 is 2.17 bits per heavy atom. The average Bonchev–Trinajstić information content (AvgIpc) is 2.79. The summed E-state index contributed by atoms with van der Waals surface area (Å²) in [5.41, 5.74) is 0.768. The SMILES string of the molecule is O=C(O)c1csc(CNc2ccc(O)c(F)c2)c1. The van der Waals surface area contributed by atoms with Crippen LogP contribution in [0.4, 0.5) is 10.1 Å². The molecule has 0 aliphatic heterocycles. The number of carbonyl (C=O) groups is 1. The standard InChI is InChI=1S/C12H10FNO3S/c13-10-4-8(1-2-11(10)15)14-5-9-3-7(6-18-9)12(16)17/h1-4,6,14-15H,5H2,(H,16,17). The molecule has 0 amide bonds. The summed E-state index contributed by atoms with van der Waals surface area (Å²) >= 11 is 1.32. The fourth-order valence-corrected chi connectivity index (χ4v) is 2.19. The number of phenols is 1. The molecule has 1 aromatic heterocycles. The van der Waals surface area contributed by atoms with Gasteiger partial charge in [-0.2, -0.15) is 0 Å². The van der Waals surface area contributed by atoms with Gasteiger partial charge in [0.05, 0.1) is 5.56 Å². The monoisotopic (exact) mass is 267 g/mol. The number of thiophene rings is 1. The number of benzene rings is 1. The van der Waals surface area contributed by atoms with Gasteiger partial charge in [0.1, 0.15) is 0 Å². The molecule has 94 valence electrons. The van der Waals surface area contributed by atoms with E-state index in [1.54, 1.807) is 17.5 Å². The highest BCUT2D eigenvalue weighted by atomic mass is 32.1. The van der Waals surface area contributed by atoms with Gasteiger partial charge in [-0.05, 0) is 18.2 Å². The Morgan fingerprint density at radius 3 is 2.78 bits per heavy atom. The molecule has 0 saturated heterocycles. The summed E-state index contributed by atoms with van der Waals surface area (Å²) in [5.74, 6) is -2.06. The summed E-state index contributed by atoms with van der Waals surface area (Å²) in [5, 5.41) is 22.3. The molecular formula is C12H10FNO3S. The predicted octanol–water partition coefficient (Wildman–Crippen LogP) is 2.90. The van der Waals surface area contributed by atoms with E-state index in [2.05, 4.69) is 5.32 Å². The zero-order valence-electron chi connectivity index (χ0n) is 9.18. The summed E-state index contributed by atoms with van der Waals surface area (Å²) in [7, 11) is 0. The van der Waals surface area contributed by atoms with Crippen LogP contribution >= 0.6 is 11.3 Å². The molecule has 0 radical (unpaired) electrons. The molecule has 1 heterocycles. The van der Waals surface area contributed by atoms with Crippen LogP contribution in [-0.4, -0.2) is 16.2 Å². The van der Waals surface area contributed by atoms with Crippen molar-refractivity contribution in [1.82, 2.24) is 0 Å². The van der Waals surface area contributed by atoms with Gasteiger partial charge in [-0.15, -0.1) is 11.3 Å². The van der Waals surface area contributed by atoms with Crippen LogP contribution in [0.5, 0.6) is 5.75 Å². The van der Waals surface area contributed by atoms with Crippen LogP contribution in [0.3, 0.4) is 0 Å². The lowest BCUT2D eigenvalue weighted by molar-refractivity contribution is 0.0697. The number of carboxylic acid groups (broad SMARTS) is 1. The predicted molar refractivity (Wildman–Crippen MR) is 66.7 cm³/mol. The van der Waals surface area contributed by atoms with Crippen molar-refractivity contribution in [1.29, 1.82) is 0 Å². The number of phenolic OH excluding ortho intramolecular Hbond substituents is 1. The Morgan fingerprint density at radius 1 is 1.39 bits per heavy atom. The first-order valence-electron chi connectivity index (χ1n) is 5.09. The van der Waals surface area contributed by atoms with E-state index in [-0.39, 0.29) is 5.56 Å². The number of nitrogens with one attached hydrogen (secondary N) is 1. The summed E-state index contributed by atoms with van der Waals surface area (Å²) < 4.78 is 13.0. The minimum absolute atomic E-state index is 0.244. The van der Waals surface area contributed by atoms with Crippen molar-refractivity contribution in [3.8, 4) is 5.75 Å². The number of hydrogen-bond acceptors (Lipinski definition) is 4. The van der Waals surface area contributed by atoms with Crippen LogP contribution in [0.25, 0.3) is 0 Å². The molecule has 2 aromatic rings. The first-order valence-corrected chi connectivity index (χ1v) is 5.97. The Balaban J connectivity index is 2.02. The molecule has 0 spiro atoms. The molecule has 0 bridgehead atoms. The van der Waals surface area contributed by atoms with E-state index in [0.29, 0.717) is 12.2 Å². The third-order valence-corrected chi connectivity index (χ3v) is 3.25. The third-order valence-electron chi connectivity index (χ3n) is 2.32. The first kappa shape index (κ1) is 12.4. The van der Waals surface area contributed by atoms with Gasteiger partial charge >= 0.3 is 5.97 Å². The quantitative estimate of drug-likeness (QED) is 0.745. The summed E-state index contributed by atoms with van der Waals surface area (Å²) in [4.78, 5) is 11.5. The molecule has 1 aromatic carbocycles. The topological polar surface area (TPSA) is 69.6 Å². The highest BCUT2D eigenvalue weighted by molar-refractivity contribution is 7.10. The second kappa shape index (κ2) is 5.05. The number of anilines is 1. The number of aromatic hydroxyl groups is 1. The number of halogens is 1. The molecule has 0 aliphatic carbocycles. The van der Waals surface area contributed by atoms with Crippen LogP contribution in [0, 0.1) is 5.82 Å². The molecule has 0 saturated carbocycles. The molecule has 2 rings (SSSR count). The van der Waals surface area contributed by atoms with Gasteiger partial charge in [0.2, 0.25) is 0 Å². The van der Waals surface area contributed by atoms with Crippen LogP contribution in [-0.2, 0) is 6.54 Å². The molecule has 0 aliphatic rings. The zero-order chi connectivity index (χ0) is 13.1. The van der Waals surface area contributed by atoms with Gasteiger partial charge in [-0.3, -0.25) is 0 Å². The van der Waals surface area contributed by atoms with Gasteiger partial charge in [0.25, 0.3) is 0 Å². The minimum Gasteiger partial charge on any atom is -0.505 e. The maximum absolute atomic E-state index is 13.0. The number of aromatic carboxylic acids is 1. The molecule has 0 atom stereocenters. The number of hydrogen-bond donors (Lipinski definition) is 3. The first-order chi connectivity index (χ1) is 8.56. The normalized spacial score (nSPS) is 10.3. The van der Waals surface area contributed by atoms with Gasteiger partial charge in [0, 0.05) is 28.6 Å². The lowest BCUT2D eigenvalue weighted by atomic mass is 10.2. The second-order valence-electron chi connectivity index (χ2n) is 3.63. The molecule has 4 nitrogen and oxygen atoms in total. The molecule has 0 fully saturated rings. The van der Waals surface area contributed by atoms with Crippen LogP contribution in [0.1, 0.15) is 15.2 Å². The maximum Gasteiger partial charge on any atom is 0.336 e. The van der Waals surface area contributed by atoms with Crippen molar-refractivity contribution in [3.63, 3.8) is 0 Å². The van der Waals surface area contributed by atoms with E-state index >= 15 is 0 Å². The minimum atomic E-state index is -0.965. The lowest BCUT2D eigenvalue weighted by Gasteiger charge is -2.05. The van der Waals surface area contributed by atoms with Crippen molar-refractivity contribution in [2.45, 2.75) is 6.54 Å². The van der Waals surface area contributed by atoms with Gasteiger partial charge < -0.3 is 15.5 Å². The van der Waals surface area contributed by atoms with E-state index in [9.17, 15) is 9.18 Å². The average molecular weight is 267 g/mol. The van der Waals surface area contributed by atoms with Gasteiger partial charge in [-0.25, -0.2) is 9.18 Å². The van der Waals surface area contributed by atoms with Crippen LogP contribution in [0.15, 0.2) is 29.6 Å². The Bertz CT molecular complexity index is 582. The molecule has 18 heavy (non-hydrogen) atoms. The Labute approximate surface area is 106 Å². The van der Waals surface area contributed by atoms with E-state index in [1.807, 2.05) is 0 Å². The highest BCUT2D eigenvalue weighted by Gasteiger charge is 2.06. The van der Waals surface area contributed by atoms with E-state index in [1.165, 1.54) is 23.5 Å². The van der Waals surface area contributed by atoms with E-state index in [0.717, 1.165) is 4.88 Å². The molecule has 6 heteroatoms. The van der Waals surface area contributed by atoms with Gasteiger partial charge in [-0.1, -0.05) is 0 Å². The smallest absolute Gasteiger partial charge is 0.336 e. The van der Waals surface area contributed by atoms with E-state index < -0.39 is 17.5 Å². The second-order valence-corrected chi connectivity index (χ2v) is 4.62. The summed E-state index contributed by atoms with van der Waals surface area (Å²) in [6.07, 6.45) is 0. The number of rotatable bonds is 4. The Hall–Kier alpha value is -2.08. The molecular weight excluding hydrogens is 257 g/mol. The zero-order valence-corrected chi connectivity index (χ0v) is 10.00. The number of carboxylic acids is 1. The molecule has 0 unspecified atom stereocenters. The summed E-state index contributed by atoms with van der Waals surface area (Å²) in [6, 6.07) is 5.55. The fraction of sp³-hybridized carbons (Fsp3) is 0.0833. The molecule has 3 N–H and O–H groups in total. The third kappa shape index (κ3) is 2.78. The fourth-order valence-electron chi connectivity index (χ4n) is 1.39. The Kier molecular flexibility index (Phi) is 3.47. The van der Waals surface area contributed by atoms with Crippen molar-refractivity contribution in [3.05, 3.63) is 45.9 Å². The van der Waals surface area contributed by atoms with Crippen molar-refractivity contribution < 1.29 is 19.4 Å². The van der Waals surface area contributed by atoms with Crippen LogP contribution in [0.2, 0.25) is 0 Å².